The lowest BCUT2D eigenvalue weighted by Gasteiger charge is -2.35. The summed E-state index contributed by atoms with van der Waals surface area (Å²) in [5.74, 6) is 0.684. The number of hydrogen-bond donors (Lipinski definition) is 0. The van der Waals surface area contributed by atoms with Gasteiger partial charge in [-0.15, -0.1) is 0 Å². The average molecular weight is 624 g/mol. The van der Waals surface area contributed by atoms with Crippen LogP contribution in [-0.2, 0) is 5.41 Å². The van der Waals surface area contributed by atoms with E-state index >= 15 is 0 Å². The van der Waals surface area contributed by atoms with Crippen LogP contribution in [0.2, 0.25) is 0 Å². The number of hydrogen-bond acceptors (Lipinski definition) is 3. The Labute approximate surface area is 285 Å². The van der Waals surface area contributed by atoms with E-state index in [9.17, 15) is 0 Å². The van der Waals surface area contributed by atoms with Gasteiger partial charge in [0.05, 0.1) is 16.8 Å². The smallest absolute Gasteiger partial charge is 0.160 e. The highest BCUT2D eigenvalue weighted by molar-refractivity contribution is 5.98. The number of pyridine rings is 1. The monoisotopic (exact) mass is 623 g/mol. The zero-order valence-corrected chi connectivity index (χ0v) is 26.6. The number of aromatic nitrogens is 3. The first-order valence-corrected chi connectivity index (χ1v) is 16.7. The molecule has 3 heteroatoms. The van der Waals surface area contributed by atoms with E-state index in [1.54, 1.807) is 6.20 Å². The van der Waals surface area contributed by atoms with Gasteiger partial charge in [0, 0.05) is 29.1 Å². The van der Waals surface area contributed by atoms with Crippen molar-refractivity contribution in [2.75, 3.05) is 0 Å². The van der Waals surface area contributed by atoms with Crippen molar-refractivity contribution in [3.63, 3.8) is 0 Å². The zero-order chi connectivity index (χ0) is 32.4. The third-order valence-electron chi connectivity index (χ3n) is 10.2. The number of nitrogens with zero attached hydrogens (tertiary/aromatic N) is 3. The molecular formula is C46H29N3. The quantitative estimate of drug-likeness (QED) is 0.197. The summed E-state index contributed by atoms with van der Waals surface area (Å²) in [6, 6.07) is 59.0. The molecule has 0 saturated carbocycles. The molecule has 3 nitrogen and oxygen atoms in total. The molecule has 228 valence electrons. The highest BCUT2D eigenvalue weighted by Crippen LogP contribution is 2.61. The Bertz CT molecular complexity index is 2450. The summed E-state index contributed by atoms with van der Waals surface area (Å²) in [4.78, 5) is 14.8. The first-order chi connectivity index (χ1) is 24.3. The second-order valence-corrected chi connectivity index (χ2v) is 12.8. The van der Waals surface area contributed by atoms with Crippen LogP contribution in [0.15, 0.2) is 176 Å². The van der Waals surface area contributed by atoms with Crippen LogP contribution in [0, 0.1) is 0 Å². The molecular weight excluding hydrogens is 595 g/mol. The lowest BCUT2D eigenvalue weighted by Crippen LogP contribution is -2.29. The molecule has 6 aromatic carbocycles. The molecule has 10 rings (SSSR count). The van der Waals surface area contributed by atoms with E-state index in [4.69, 9.17) is 9.97 Å². The summed E-state index contributed by atoms with van der Waals surface area (Å²) in [7, 11) is 0. The van der Waals surface area contributed by atoms with E-state index in [0.29, 0.717) is 5.82 Å². The molecule has 0 unspecified atom stereocenters. The number of rotatable bonds is 3. The SMILES string of the molecule is c1ccc(-c2cc(-c3cccnc3)nc(-c3ccc4c(c3)-c3ccccc3-c3ccccc3C43c4ccccc4-c4ccccc43)n2)cc1. The largest absolute Gasteiger partial charge is 0.264 e. The van der Waals surface area contributed by atoms with E-state index < -0.39 is 5.41 Å². The van der Waals surface area contributed by atoms with Gasteiger partial charge in [0.2, 0.25) is 0 Å². The lowest BCUT2D eigenvalue weighted by molar-refractivity contribution is 0.775. The highest BCUT2D eigenvalue weighted by Gasteiger charge is 2.49. The second-order valence-electron chi connectivity index (χ2n) is 12.8. The van der Waals surface area contributed by atoms with Gasteiger partial charge in [0.1, 0.15) is 0 Å². The van der Waals surface area contributed by atoms with Crippen molar-refractivity contribution >= 4 is 0 Å². The molecule has 0 fully saturated rings. The summed E-state index contributed by atoms with van der Waals surface area (Å²) in [5, 5.41) is 0. The van der Waals surface area contributed by atoms with E-state index in [-0.39, 0.29) is 0 Å². The second kappa shape index (κ2) is 10.8. The zero-order valence-electron chi connectivity index (χ0n) is 26.6. The Morgan fingerprint density at radius 1 is 0.347 bits per heavy atom. The van der Waals surface area contributed by atoms with Gasteiger partial charge in [-0.3, -0.25) is 4.98 Å². The van der Waals surface area contributed by atoms with Crippen LogP contribution in [0.1, 0.15) is 22.3 Å². The third-order valence-corrected chi connectivity index (χ3v) is 10.2. The van der Waals surface area contributed by atoms with Gasteiger partial charge in [-0.1, -0.05) is 140 Å². The number of benzene rings is 6. The van der Waals surface area contributed by atoms with Gasteiger partial charge in [-0.25, -0.2) is 9.97 Å². The molecule has 2 heterocycles. The normalized spacial score (nSPS) is 13.1. The van der Waals surface area contributed by atoms with Gasteiger partial charge >= 0.3 is 0 Å². The molecule has 49 heavy (non-hydrogen) atoms. The summed E-state index contributed by atoms with van der Waals surface area (Å²) in [6.07, 6.45) is 3.66. The van der Waals surface area contributed by atoms with Crippen LogP contribution < -0.4 is 0 Å². The molecule has 0 saturated heterocycles. The minimum absolute atomic E-state index is 0.510. The maximum absolute atomic E-state index is 5.20. The summed E-state index contributed by atoms with van der Waals surface area (Å²) in [6.45, 7) is 0. The van der Waals surface area contributed by atoms with Crippen LogP contribution in [0.5, 0.6) is 0 Å². The van der Waals surface area contributed by atoms with Gasteiger partial charge in [-0.05, 0) is 79.9 Å². The fourth-order valence-corrected chi connectivity index (χ4v) is 8.19. The van der Waals surface area contributed by atoms with Crippen LogP contribution >= 0.6 is 0 Å². The molecule has 0 aliphatic heterocycles. The van der Waals surface area contributed by atoms with Crippen molar-refractivity contribution < 1.29 is 0 Å². The Kier molecular flexibility index (Phi) is 6.09. The van der Waals surface area contributed by atoms with Gasteiger partial charge < -0.3 is 0 Å². The Morgan fingerprint density at radius 2 is 0.837 bits per heavy atom. The Hall–Kier alpha value is -6.45. The first kappa shape index (κ1) is 27.6. The lowest BCUT2D eigenvalue weighted by atomic mass is 9.66. The predicted octanol–water partition coefficient (Wildman–Crippen LogP) is 10.9. The van der Waals surface area contributed by atoms with Crippen molar-refractivity contribution in [1.29, 1.82) is 0 Å². The molecule has 0 atom stereocenters. The highest BCUT2D eigenvalue weighted by atomic mass is 14.9. The average Bonchev–Trinajstić information content (AvgIpc) is 3.43. The maximum atomic E-state index is 5.20. The molecule has 0 N–H and O–H groups in total. The predicted molar refractivity (Wildman–Crippen MR) is 198 cm³/mol. The van der Waals surface area contributed by atoms with Crippen molar-refractivity contribution in [2.45, 2.75) is 5.41 Å². The summed E-state index contributed by atoms with van der Waals surface area (Å²) >= 11 is 0. The van der Waals surface area contributed by atoms with Crippen LogP contribution in [0.25, 0.3) is 67.3 Å². The fourth-order valence-electron chi connectivity index (χ4n) is 8.19. The molecule has 2 aliphatic carbocycles. The molecule has 2 aliphatic rings. The molecule has 0 amide bonds. The van der Waals surface area contributed by atoms with Crippen molar-refractivity contribution in [2.24, 2.45) is 0 Å². The Balaban J connectivity index is 1.29. The van der Waals surface area contributed by atoms with E-state index in [2.05, 4.69) is 157 Å². The molecule has 2 aromatic heterocycles. The standard InChI is InChI=1S/C46H29N3/c1-2-13-30(14-3-1)43-28-44(32-15-12-26-47-29-32)49-45(48-43)31-24-25-42-38(27-31)34-17-5-4-16-33(34)35-18-6-9-21-39(35)46(42)40-22-10-7-19-36(40)37-20-8-11-23-41(37)46/h1-29H. The Morgan fingerprint density at radius 3 is 1.45 bits per heavy atom. The molecule has 1 spiro atoms. The topological polar surface area (TPSA) is 38.7 Å². The minimum atomic E-state index is -0.510. The maximum Gasteiger partial charge on any atom is 0.160 e. The fraction of sp³-hybridized carbons (Fsp3) is 0.0217. The molecule has 8 aromatic rings. The van der Waals surface area contributed by atoms with Crippen LogP contribution in [0.3, 0.4) is 0 Å². The molecule has 0 bridgehead atoms. The van der Waals surface area contributed by atoms with Crippen molar-refractivity contribution in [3.05, 3.63) is 198 Å². The van der Waals surface area contributed by atoms with Gasteiger partial charge in [0.25, 0.3) is 0 Å². The van der Waals surface area contributed by atoms with Gasteiger partial charge in [-0.2, -0.15) is 0 Å². The summed E-state index contributed by atoms with van der Waals surface area (Å²) in [5.41, 5.74) is 16.8. The third kappa shape index (κ3) is 4.06. The van der Waals surface area contributed by atoms with Crippen LogP contribution in [0.4, 0.5) is 0 Å². The van der Waals surface area contributed by atoms with Gasteiger partial charge in [0.15, 0.2) is 5.82 Å². The van der Waals surface area contributed by atoms with Crippen molar-refractivity contribution in [1.82, 2.24) is 15.0 Å². The summed E-state index contributed by atoms with van der Waals surface area (Å²) < 4.78 is 0. The van der Waals surface area contributed by atoms with E-state index in [1.165, 1.54) is 55.6 Å². The number of fused-ring (bicyclic) bond motifs is 12. The minimum Gasteiger partial charge on any atom is -0.264 e. The van der Waals surface area contributed by atoms with Crippen LogP contribution in [-0.4, -0.2) is 15.0 Å². The molecule has 0 radical (unpaired) electrons. The van der Waals surface area contributed by atoms with Crippen molar-refractivity contribution in [3.8, 4) is 67.3 Å². The first-order valence-electron chi connectivity index (χ1n) is 16.7. The van der Waals surface area contributed by atoms with E-state index in [0.717, 1.165) is 28.1 Å². The van der Waals surface area contributed by atoms with E-state index in [1.807, 2.05) is 18.3 Å².